The van der Waals surface area contributed by atoms with Gasteiger partial charge in [-0.2, -0.15) is 11.8 Å². The molecule has 2 nitrogen and oxygen atoms in total. The van der Waals surface area contributed by atoms with Gasteiger partial charge in [0, 0.05) is 11.8 Å². The average Bonchev–Trinajstić information content (AvgIpc) is 2.28. The second-order valence-corrected chi connectivity index (χ2v) is 4.74. The van der Waals surface area contributed by atoms with Crippen molar-refractivity contribution in [2.75, 3.05) is 18.1 Å². The molecule has 0 aromatic heterocycles. The molecule has 0 amide bonds. The summed E-state index contributed by atoms with van der Waals surface area (Å²) in [5.74, 6) is 2.09. The lowest BCUT2D eigenvalue weighted by atomic mass is 10.2. The van der Waals surface area contributed by atoms with E-state index in [1.54, 1.807) is 0 Å². The maximum absolute atomic E-state index is 5.88. The molecule has 0 saturated carbocycles. The van der Waals surface area contributed by atoms with Gasteiger partial charge in [0.15, 0.2) is 0 Å². The molecule has 3 heteroatoms. The zero-order chi connectivity index (χ0) is 10.9. The first-order chi connectivity index (χ1) is 7.33. The number of hydrogen-bond donors (Lipinski definition) is 1. The van der Waals surface area contributed by atoms with Crippen LogP contribution < -0.4 is 5.73 Å². The third kappa shape index (κ3) is 5.82. The summed E-state index contributed by atoms with van der Waals surface area (Å²) in [5.41, 5.74) is 7.08. The first-order valence-corrected chi connectivity index (χ1v) is 6.43. The molecule has 0 aliphatic rings. The minimum atomic E-state index is 0.152. The molecule has 1 aromatic carbocycles. The van der Waals surface area contributed by atoms with Gasteiger partial charge >= 0.3 is 0 Å². The maximum atomic E-state index is 5.88. The summed E-state index contributed by atoms with van der Waals surface area (Å²) in [6, 6.07) is 10.3. The number of ether oxygens (including phenoxy) is 1. The molecule has 15 heavy (non-hydrogen) atoms. The molecule has 1 aromatic rings. The van der Waals surface area contributed by atoms with Gasteiger partial charge in [0.05, 0.1) is 13.2 Å². The summed E-state index contributed by atoms with van der Waals surface area (Å²) in [5, 5.41) is 0. The van der Waals surface area contributed by atoms with Crippen molar-refractivity contribution in [1.29, 1.82) is 0 Å². The summed E-state index contributed by atoms with van der Waals surface area (Å²) >= 11 is 1.86. The Kier molecular flexibility index (Phi) is 6.48. The van der Waals surface area contributed by atoms with Gasteiger partial charge in [0.1, 0.15) is 0 Å². The minimum absolute atomic E-state index is 0.152. The molecule has 0 fully saturated rings. The molecule has 0 saturated heterocycles. The lowest BCUT2D eigenvalue weighted by molar-refractivity contribution is 0.112. The van der Waals surface area contributed by atoms with E-state index < -0.39 is 0 Å². The van der Waals surface area contributed by atoms with E-state index >= 15 is 0 Å². The van der Waals surface area contributed by atoms with Gasteiger partial charge in [-0.1, -0.05) is 37.3 Å². The Bertz CT molecular complexity index is 253. The number of thioether (sulfide) groups is 1. The van der Waals surface area contributed by atoms with Crippen LogP contribution in [0.2, 0.25) is 0 Å². The smallest absolute Gasteiger partial charge is 0.0717 e. The van der Waals surface area contributed by atoms with E-state index in [4.69, 9.17) is 10.5 Å². The van der Waals surface area contributed by atoms with E-state index in [0.717, 1.165) is 11.5 Å². The van der Waals surface area contributed by atoms with Crippen LogP contribution in [-0.2, 0) is 11.3 Å². The highest BCUT2D eigenvalue weighted by Crippen LogP contribution is 2.03. The van der Waals surface area contributed by atoms with Gasteiger partial charge < -0.3 is 10.5 Å². The molecular weight excluding hydrogens is 206 g/mol. The second-order valence-electron chi connectivity index (χ2n) is 3.42. The van der Waals surface area contributed by atoms with Crippen molar-refractivity contribution in [3.63, 3.8) is 0 Å². The fourth-order valence-corrected chi connectivity index (χ4v) is 1.85. The quantitative estimate of drug-likeness (QED) is 0.773. The van der Waals surface area contributed by atoms with Gasteiger partial charge in [0.2, 0.25) is 0 Å². The van der Waals surface area contributed by atoms with E-state index in [2.05, 4.69) is 19.1 Å². The van der Waals surface area contributed by atoms with Gasteiger partial charge in [-0.15, -0.1) is 0 Å². The van der Waals surface area contributed by atoms with Crippen LogP contribution in [-0.4, -0.2) is 24.2 Å². The van der Waals surface area contributed by atoms with Crippen LogP contribution in [0.1, 0.15) is 12.5 Å². The predicted octanol–water partition coefficient (Wildman–Crippen LogP) is 2.28. The molecule has 0 spiro atoms. The topological polar surface area (TPSA) is 35.2 Å². The molecule has 0 radical (unpaired) electrons. The molecule has 0 aliphatic heterocycles. The Hall–Kier alpha value is -0.510. The van der Waals surface area contributed by atoms with Crippen LogP contribution in [0.25, 0.3) is 0 Å². The first-order valence-electron chi connectivity index (χ1n) is 5.28. The Morgan fingerprint density at radius 1 is 1.33 bits per heavy atom. The monoisotopic (exact) mass is 225 g/mol. The van der Waals surface area contributed by atoms with Crippen LogP contribution in [0.5, 0.6) is 0 Å². The fourth-order valence-electron chi connectivity index (χ4n) is 1.22. The van der Waals surface area contributed by atoms with Crippen LogP contribution in [0.4, 0.5) is 0 Å². The van der Waals surface area contributed by atoms with E-state index in [-0.39, 0.29) is 6.04 Å². The number of hydrogen-bond acceptors (Lipinski definition) is 3. The third-order valence-electron chi connectivity index (χ3n) is 1.98. The minimum Gasteiger partial charge on any atom is -0.375 e. The lowest BCUT2D eigenvalue weighted by Crippen LogP contribution is -2.28. The van der Waals surface area contributed by atoms with E-state index in [1.165, 1.54) is 5.56 Å². The lowest BCUT2D eigenvalue weighted by Gasteiger charge is -2.11. The van der Waals surface area contributed by atoms with Gasteiger partial charge in [-0.05, 0) is 11.3 Å². The maximum Gasteiger partial charge on any atom is 0.0717 e. The highest BCUT2D eigenvalue weighted by molar-refractivity contribution is 7.99. The van der Waals surface area contributed by atoms with Crippen LogP contribution in [0.15, 0.2) is 30.3 Å². The Balaban J connectivity index is 2.11. The van der Waals surface area contributed by atoms with Crippen LogP contribution in [0, 0.1) is 0 Å². The molecule has 1 atom stereocenters. The van der Waals surface area contributed by atoms with Gasteiger partial charge in [-0.25, -0.2) is 0 Å². The molecule has 1 unspecified atom stereocenters. The summed E-state index contributed by atoms with van der Waals surface area (Å²) in [6.07, 6.45) is 0. The van der Waals surface area contributed by atoms with Crippen molar-refractivity contribution in [3.05, 3.63) is 35.9 Å². The van der Waals surface area contributed by atoms with E-state index in [1.807, 2.05) is 30.0 Å². The molecule has 2 N–H and O–H groups in total. The molecule has 0 heterocycles. The fraction of sp³-hybridized carbons (Fsp3) is 0.500. The Morgan fingerprint density at radius 2 is 2.07 bits per heavy atom. The van der Waals surface area contributed by atoms with Crippen molar-refractivity contribution < 1.29 is 4.74 Å². The van der Waals surface area contributed by atoms with Gasteiger partial charge in [0.25, 0.3) is 0 Å². The highest BCUT2D eigenvalue weighted by atomic mass is 32.2. The molecule has 84 valence electrons. The summed E-state index contributed by atoms with van der Waals surface area (Å²) in [6.45, 7) is 3.44. The zero-order valence-electron chi connectivity index (χ0n) is 9.19. The number of rotatable bonds is 7. The number of benzene rings is 1. The molecule has 1 rings (SSSR count). The van der Waals surface area contributed by atoms with E-state index in [0.29, 0.717) is 13.2 Å². The van der Waals surface area contributed by atoms with Crippen molar-refractivity contribution in [3.8, 4) is 0 Å². The normalized spacial score (nSPS) is 12.7. The summed E-state index contributed by atoms with van der Waals surface area (Å²) < 4.78 is 5.54. The largest absolute Gasteiger partial charge is 0.375 e. The SMILES string of the molecule is CCSCC(N)COCc1ccccc1. The second kappa shape index (κ2) is 7.74. The highest BCUT2D eigenvalue weighted by Gasteiger charge is 2.01. The summed E-state index contributed by atoms with van der Waals surface area (Å²) in [7, 11) is 0. The number of nitrogens with two attached hydrogens (primary N) is 1. The Morgan fingerprint density at radius 3 is 2.73 bits per heavy atom. The third-order valence-corrected chi connectivity index (χ3v) is 3.05. The summed E-state index contributed by atoms with van der Waals surface area (Å²) in [4.78, 5) is 0. The molecule has 0 aliphatic carbocycles. The average molecular weight is 225 g/mol. The van der Waals surface area contributed by atoms with Crippen molar-refractivity contribution >= 4 is 11.8 Å². The first kappa shape index (κ1) is 12.6. The van der Waals surface area contributed by atoms with Crippen molar-refractivity contribution in [2.45, 2.75) is 19.6 Å². The predicted molar refractivity (Wildman–Crippen MR) is 67.1 cm³/mol. The van der Waals surface area contributed by atoms with E-state index in [9.17, 15) is 0 Å². The van der Waals surface area contributed by atoms with Crippen molar-refractivity contribution in [2.24, 2.45) is 5.73 Å². The van der Waals surface area contributed by atoms with Crippen LogP contribution in [0.3, 0.4) is 0 Å². The van der Waals surface area contributed by atoms with Gasteiger partial charge in [-0.3, -0.25) is 0 Å². The zero-order valence-corrected chi connectivity index (χ0v) is 10.0. The molecule has 0 bridgehead atoms. The van der Waals surface area contributed by atoms with Crippen molar-refractivity contribution in [1.82, 2.24) is 0 Å². The standard InChI is InChI=1S/C12H19NOS/c1-2-15-10-12(13)9-14-8-11-6-4-3-5-7-11/h3-7,12H,2,8-10,13H2,1H3. The Labute approximate surface area is 96.2 Å². The molecular formula is C12H19NOS. The van der Waals surface area contributed by atoms with Crippen LogP contribution >= 0.6 is 11.8 Å².